The van der Waals surface area contributed by atoms with Gasteiger partial charge in [-0.05, 0) is 19.4 Å². The first kappa shape index (κ1) is 16.4. The SMILES string of the molecule is COCCOCC(=O)NCc1ccc(OC(C)C)nc1. The highest BCUT2D eigenvalue weighted by Gasteiger charge is 2.03. The molecule has 0 aromatic carbocycles. The number of ether oxygens (including phenoxy) is 3. The summed E-state index contributed by atoms with van der Waals surface area (Å²) in [7, 11) is 1.59. The summed E-state index contributed by atoms with van der Waals surface area (Å²) in [6, 6.07) is 3.66. The molecule has 0 saturated carbocycles. The van der Waals surface area contributed by atoms with Gasteiger partial charge >= 0.3 is 0 Å². The normalized spacial score (nSPS) is 10.6. The van der Waals surface area contributed by atoms with Crippen LogP contribution in [0.15, 0.2) is 18.3 Å². The molecule has 112 valence electrons. The van der Waals surface area contributed by atoms with Gasteiger partial charge in [-0.15, -0.1) is 0 Å². The fraction of sp³-hybridized carbons (Fsp3) is 0.571. The van der Waals surface area contributed by atoms with Gasteiger partial charge < -0.3 is 19.5 Å². The highest BCUT2D eigenvalue weighted by Crippen LogP contribution is 2.09. The van der Waals surface area contributed by atoms with E-state index in [9.17, 15) is 4.79 Å². The van der Waals surface area contributed by atoms with E-state index < -0.39 is 0 Å². The van der Waals surface area contributed by atoms with Gasteiger partial charge in [0, 0.05) is 25.9 Å². The summed E-state index contributed by atoms with van der Waals surface area (Å²) in [6.07, 6.45) is 1.78. The highest BCUT2D eigenvalue weighted by atomic mass is 16.5. The van der Waals surface area contributed by atoms with Crippen molar-refractivity contribution in [3.63, 3.8) is 0 Å². The summed E-state index contributed by atoms with van der Waals surface area (Å²) in [5.41, 5.74) is 0.909. The molecule has 1 heterocycles. The average molecular weight is 282 g/mol. The molecule has 1 amide bonds. The zero-order chi connectivity index (χ0) is 14.8. The van der Waals surface area contributed by atoms with Crippen molar-refractivity contribution in [2.45, 2.75) is 26.5 Å². The van der Waals surface area contributed by atoms with E-state index in [-0.39, 0.29) is 18.6 Å². The first-order valence-corrected chi connectivity index (χ1v) is 6.56. The summed E-state index contributed by atoms with van der Waals surface area (Å²) < 4.78 is 15.4. The van der Waals surface area contributed by atoms with Gasteiger partial charge in [0.15, 0.2) is 0 Å². The predicted molar refractivity (Wildman–Crippen MR) is 74.5 cm³/mol. The zero-order valence-electron chi connectivity index (χ0n) is 12.2. The standard InChI is InChI=1S/C14H22N2O4/c1-11(2)20-14-5-4-12(9-16-14)8-15-13(17)10-19-7-6-18-3/h4-5,9,11H,6-8,10H2,1-3H3,(H,15,17). The Morgan fingerprint density at radius 1 is 1.35 bits per heavy atom. The molecule has 1 aromatic rings. The van der Waals surface area contributed by atoms with E-state index in [1.165, 1.54) is 0 Å². The summed E-state index contributed by atoms with van der Waals surface area (Å²) in [5, 5.41) is 2.75. The predicted octanol–water partition coefficient (Wildman–Crippen LogP) is 1.15. The van der Waals surface area contributed by atoms with Crippen molar-refractivity contribution < 1.29 is 19.0 Å². The van der Waals surface area contributed by atoms with Crippen LogP contribution in [0.25, 0.3) is 0 Å². The largest absolute Gasteiger partial charge is 0.475 e. The number of amides is 1. The molecule has 0 unspecified atom stereocenters. The lowest BCUT2D eigenvalue weighted by molar-refractivity contribution is -0.126. The van der Waals surface area contributed by atoms with E-state index >= 15 is 0 Å². The Bertz CT molecular complexity index is 393. The van der Waals surface area contributed by atoms with Crippen LogP contribution in [-0.4, -0.2) is 43.9 Å². The fourth-order valence-electron chi connectivity index (χ4n) is 1.39. The smallest absolute Gasteiger partial charge is 0.246 e. The Morgan fingerprint density at radius 2 is 2.15 bits per heavy atom. The lowest BCUT2D eigenvalue weighted by atomic mass is 10.3. The van der Waals surface area contributed by atoms with Crippen LogP contribution < -0.4 is 10.1 Å². The van der Waals surface area contributed by atoms with E-state index in [1.807, 2.05) is 19.9 Å². The van der Waals surface area contributed by atoms with Crippen LogP contribution in [0.1, 0.15) is 19.4 Å². The first-order chi connectivity index (χ1) is 9.61. The minimum atomic E-state index is -0.163. The minimum absolute atomic E-state index is 0.0331. The molecule has 6 nitrogen and oxygen atoms in total. The van der Waals surface area contributed by atoms with Crippen molar-refractivity contribution in [2.24, 2.45) is 0 Å². The maximum absolute atomic E-state index is 11.5. The summed E-state index contributed by atoms with van der Waals surface area (Å²) in [5.74, 6) is 0.418. The molecule has 1 aromatic heterocycles. The molecule has 0 aliphatic carbocycles. The van der Waals surface area contributed by atoms with E-state index in [0.29, 0.717) is 25.6 Å². The second-order valence-electron chi connectivity index (χ2n) is 4.49. The number of aromatic nitrogens is 1. The molecule has 0 spiro atoms. The van der Waals surface area contributed by atoms with E-state index in [0.717, 1.165) is 5.56 Å². The number of rotatable bonds is 9. The fourth-order valence-corrected chi connectivity index (χ4v) is 1.39. The number of nitrogens with zero attached hydrogens (tertiary/aromatic N) is 1. The van der Waals surface area contributed by atoms with Gasteiger partial charge in [0.05, 0.1) is 19.3 Å². The second-order valence-corrected chi connectivity index (χ2v) is 4.49. The van der Waals surface area contributed by atoms with E-state index in [4.69, 9.17) is 14.2 Å². The van der Waals surface area contributed by atoms with Gasteiger partial charge in [0.25, 0.3) is 0 Å². The molecular weight excluding hydrogens is 260 g/mol. The number of hydrogen-bond acceptors (Lipinski definition) is 5. The molecule has 0 fully saturated rings. The van der Waals surface area contributed by atoms with Crippen LogP contribution >= 0.6 is 0 Å². The van der Waals surface area contributed by atoms with Crippen LogP contribution in [0, 0.1) is 0 Å². The lowest BCUT2D eigenvalue weighted by Crippen LogP contribution is -2.27. The third kappa shape index (κ3) is 7.06. The maximum atomic E-state index is 11.5. The molecule has 6 heteroatoms. The molecular formula is C14H22N2O4. The monoisotopic (exact) mass is 282 g/mol. The van der Waals surface area contributed by atoms with Crippen molar-refractivity contribution in [3.05, 3.63) is 23.9 Å². The average Bonchev–Trinajstić information content (AvgIpc) is 2.42. The van der Waals surface area contributed by atoms with Gasteiger partial charge in [-0.1, -0.05) is 6.07 Å². The van der Waals surface area contributed by atoms with Crippen LogP contribution in [0.4, 0.5) is 0 Å². The number of nitrogens with one attached hydrogen (secondary N) is 1. The van der Waals surface area contributed by atoms with Crippen LogP contribution in [0.2, 0.25) is 0 Å². The van der Waals surface area contributed by atoms with Gasteiger partial charge in [-0.25, -0.2) is 4.98 Å². The maximum Gasteiger partial charge on any atom is 0.246 e. The summed E-state index contributed by atoms with van der Waals surface area (Å²) >= 11 is 0. The summed E-state index contributed by atoms with van der Waals surface area (Å²) in [6.45, 7) is 5.23. The van der Waals surface area contributed by atoms with Crippen molar-refractivity contribution in [2.75, 3.05) is 26.9 Å². The second kappa shape index (κ2) is 9.28. The number of carbonyl (C=O) groups excluding carboxylic acids is 1. The molecule has 1 rings (SSSR count). The van der Waals surface area contributed by atoms with Gasteiger partial charge in [0.1, 0.15) is 6.61 Å². The first-order valence-electron chi connectivity index (χ1n) is 6.56. The number of pyridine rings is 1. The van der Waals surface area contributed by atoms with Gasteiger partial charge in [-0.2, -0.15) is 0 Å². The third-order valence-electron chi connectivity index (χ3n) is 2.31. The van der Waals surface area contributed by atoms with Crippen LogP contribution in [0.3, 0.4) is 0 Å². The Kier molecular flexibility index (Phi) is 7.60. The third-order valence-corrected chi connectivity index (χ3v) is 2.31. The molecule has 0 aliphatic rings. The Hall–Kier alpha value is -1.66. The van der Waals surface area contributed by atoms with Crippen molar-refractivity contribution in [3.8, 4) is 5.88 Å². The summed E-state index contributed by atoms with van der Waals surface area (Å²) in [4.78, 5) is 15.6. The van der Waals surface area contributed by atoms with Crippen molar-refractivity contribution in [1.82, 2.24) is 10.3 Å². The quantitative estimate of drug-likeness (QED) is 0.688. The molecule has 0 saturated heterocycles. The Labute approximate surface area is 119 Å². The number of hydrogen-bond donors (Lipinski definition) is 1. The van der Waals surface area contributed by atoms with Crippen molar-refractivity contribution in [1.29, 1.82) is 0 Å². The topological polar surface area (TPSA) is 69.7 Å². The molecule has 0 radical (unpaired) electrons. The zero-order valence-corrected chi connectivity index (χ0v) is 12.2. The van der Waals surface area contributed by atoms with E-state index in [2.05, 4.69) is 10.3 Å². The van der Waals surface area contributed by atoms with Crippen LogP contribution in [0.5, 0.6) is 5.88 Å². The Morgan fingerprint density at radius 3 is 2.75 bits per heavy atom. The molecule has 1 N–H and O–H groups in total. The highest BCUT2D eigenvalue weighted by molar-refractivity contribution is 5.77. The van der Waals surface area contributed by atoms with Crippen molar-refractivity contribution >= 4 is 5.91 Å². The van der Waals surface area contributed by atoms with Gasteiger partial charge in [-0.3, -0.25) is 4.79 Å². The van der Waals surface area contributed by atoms with Crippen LogP contribution in [-0.2, 0) is 20.8 Å². The molecule has 0 atom stereocenters. The number of carbonyl (C=O) groups is 1. The lowest BCUT2D eigenvalue weighted by Gasteiger charge is -2.09. The minimum Gasteiger partial charge on any atom is -0.475 e. The molecule has 0 aliphatic heterocycles. The van der Waals surface area contributed by atoms with Gasteiger partial charge in [0.2, 0.25) is 11.8 Å². The molecule has 20 heavy (non-hydrogen) atoms. The number of methoxy groups -OCH3 is 1. The Balaban J connectivity index is 2.25. The van der Waals surface area contributed by atoms with E-state index in [1.54, 1.807) is 19.4 Å². The molecule has 0 bridgehead atoms.